The number of carboxylic acid groups (broad SMARTS) is 1. The van der Waals surface area contributed by atoms with Crippen molar-refractivity contribution < 1.29 is 39.1 Å². The summed E-state index contributed by atoms with van der Waals surface area (Å²) in [7, 11) is 1.20. The fourth-order valence-corrected chi connectivity index (χ4v) is 5.93. The fourth-order valence-electron chi connectivity index (χ4n) is 5.54. The quantitative estimate of drug-likeness (QED) is 0.0513. The lowest BCUT2D eigenvalue weighted by atomic mass is 10.3. The average molecular weight is 989 g/mol. The molecule has 0 saturated heterocycles. The molecule has 0 unspecified atom stereocenters. The molecule has 0 saturated carbocycles. The first-order valence-electron chi connectivity index (χ1n) is 17.6. The van der Waals surface area contributed by atoms with E-state index < -0.39 is 37.2 Å². The van der Waals surface area contributed by atoms with Crippen LogP contribution in [0.1, 0.15) is 21.0 Å². The van der Waals surface area contributed by atoms with E-state index in [9.17, 15) is 59.6 Å². The molecule has 0 bridgehead atoms. The molecule has 67 heavy (non-hydrogen) atoms. The van der Waals surface area contributed by atoms with Crippen LogP contribution in [0, 0.1) is 40.5 Å². The Morgan fingerprint density at radius 2 is 0.970 bits per heavy atom. The molecule has 34 heteroatoms. The lowest BCUT2D eigenvalue weighted by Crippen LogP contribution is -2.05. The number of esters is 1. The van der Waals surface area contributed by atoms with Crippen LogP contribution in [-0.2, 0) is 4.74 Å². The zero-order valence-corrected chi connectivity index (χ0v) is 34.4. The summed E-state index contributed by atoms with van der Waals surface area (Å²) in [6, 6.07) is 1.75. The van der Waals surface area contributed by atoms with Gasteiger partial charge >= 0.3 is 34.7 Å². The number of fused-ring (bicyclic) bond motifs is 5. The monoisotopic (exact) mass is 987 g/mol. The molecule has 10 rings (SSSR count). The molecule has 0 aliphatic rings. The topological polar surface area (TPSA) is 484 Å². The Bertz CT molecular complexity index is 3650. The number of carbonyl (C=O) groups is 2. The van der Waals surface area contributed by atoms with Crippen LogP contribution in [0.4, 0.5) is 22.7 Å². The summed E-state index contributed by atoms with van der Waals surface area (Å²) >= 11 is 3.15. The Kier molecular flexibility index (Phi) is 13.7. The van der Waals surface area contributed by atoms with Crippen molar-refractivity contribution in [2.24, 2.45) is 0 Å². The van der Waals surface area contributed by atoms with Crippen LogP contribution in [0.3, 0.4) is 0 Å². The van der Waals surface area contributed by atoms with Crippen LogP contribution in [0.15, 0.2) is 82.9 Å². The highest BCUT2D eigenvalue weighted by Crippen LogP contribution is 2.27. The predicted molar refractivity (Wildman–Crippen MR) is 228 cm³/mol. The number of rotatable bonds is 6. The molecule has 8 N–H and O–H groups in total. The molecule has 10 heterocycles. The van der Waals surface area contributed by atoms with E-state index in [-0.39, 0.29) is 72.8 Å². The van der Waals surface area contributed by atoms with Gasteiger partial charge in [0, 0.05) is 6.20 Å². The molecule has 10 aromatic heterocycles. The third kappa shape index (κ3) is 9.86. The van der Waals surface area contributed by atoms with Gasteiger partial charge in [0.1, 0.15) is 51.2 Å². The molecule has 0 amide bonds. The van der Waals surface area contributed by atoms with Crippen molar-refractivity contribution >= 4 is 106 Å². The number of nitro groups is 4. The Balaban J connectivity index is 0.000000139. The average Bonchev–Trinajstić information content (AvgIpc) is 4.16. The molecule has 0 radical (unpaired) electrons. The van der Waals surface area contributed by atoms with Crippen LogP contribution in [-0.4, -0.2) is 119 Å². The van der Waals surface area contributed by atoms with Gasteiger partial charge in [-0.25, -0.2) is 49.5 Å². The summed E-state index contributed by atoms with van der Waals surface area (Å²) in [6.45, 7) is 0. The van der Waals surface area contributed by atoms with E-state index >= 15 is 0 Å². The number of aromatic carboxylic acids is 1. The van der Waals surface area contributed by atoms with Crippen LogP contribution < -0.4 is 11.1 Å². The zero-order chi connectivity index (χ0) is 48.5. The minimum atomic E-state index is -1.26. The van der Waals surface area contributed by atoms with E-state index in [1.165, 1.54) is 26.0 Å². The van der Waals surface area contributed by atoms with Crippen LogP contribution >= 0.6 is 15.9 Å². The van der Waals surface area contributed by atoms with Crippen LogP contribution in [0.5, 0.6) is 0 Å². The van der Waals surface area contributed by atoms with Gasteiger partial charge in [-0.2, -0.15) is 0 Å². The Morgan fingerprint density at radius 3 is 1.46 bits per heavy atom. The lowest BCUT2D eigenvalue weighted by Gasteiger charge is -1.97. The second-order valence-corrected chi connectivity index (χ2v) is 13.0. The lowest BCUT2D eigenvalue weighted by molar-refractivity contribution is -0.383. The van der Waals surface area contributed by atoms with Gasteiger partial charge in [-0.3, -0.25) is 50.0 Å². The molecule has 0 aliphatic carbocycles. The molecule has 0 atom stereocenters. The first-order chi connectivity index (χ1) is 32.0. The number of hydrogen-bond acceptors (Lipinski definition) is 21. The maximum absolute atomic E-state index is 11.3. The molecular formula is C33H22BrN19O14. The molecular weight excluding hydrogens is 966 g/mol. The second kappa shape index (κ2) is 19.8. The van der Waals surface area contributed by atoms with E-state index in [2.05, 4.69) is 95.4 Å². The first-order valence-corrected chi connectivity index (χ1v) is 18.4. The van der Waals surface area contributed by atoms with Gasteiger partial charge in [0.25, 0.3) is 11.1 Å². The number of H-pyrrole nitrogens is 7. The van der Waals surface area contributed by atoms with Gasteiger partial charge < -0.3 is 44.7 Å². The summed E-state index contributed by atoms with van der Waals surface area (Å²) in [5, 5.41) is 50.8. The Hall–Kier alpha value is -10.3. The second-order valence-electron chi connectivity index (χ2n) is 12.2. The van der Waals surface area contributed by atoms with Gasteiger partial charge in [0.05, 0.1) is 69.8 Å². The maximum Gasteiger partial charge on any atom is 0.358 e. The van der Waals surface area contributed by atoms with E-state index in [0.717, 1.165) is 37.6 Å². The molecule has 340 valence electrons. The molecule has 0 fully saturated rings. The van der Waals surface area contributed by atoms with Crippen LogP contribution in [0.2, 0.25) is 0 Å². The summed E-state index contributed by atoms with van der Waals surface area (Å²) in [6.07, 6.45) is 12.2. The summed E-state index contributed by atoms with van der Waals surface area (Å²) in [4.78, 5) is 131. The van der Waals surface area contributed by atoms with Crippen molar-refractivity contribution in [1.29, 1.82) is 0 Å². The van der Waals surface area contributed by atoms with Crippen molar-refractivity contribution in [2.45, 2.75) is 0 Å². The highest BCUT2D eigenvalue weighted by atomic mass is 79.9. The normalized spacial score (nSPS) is 10.4. The standard InChI is InChI=1S/C8H6N4O4.C7H4N4O4.C6H3BrN4O2.C6H4N4O3.C6H5N3O/c1-16-8(13)7-6-5(10-3-11-7)4(2-9-6)12(14)15;12-7(13)6-5-4(9-2-10-6)3(1-8-5)11(14)15;7-6-5-4(9-2-10-6)3(1-8-5)11(12)13;11-6-5-4(8-2-9-6)3(1-7-5)10(12)13;10-6-5-4(1-2-7-5)8-3-9-6/h2-3,9H,1H3;1-2,8H,(H,12,13);1-2,8H;1-2,7H,(H,8,9,11);1-3,7H,(H,8,9,10). The summed E-state index contributed by atoms with van der Waals surface area (Å²) < 4.78 is 5.01. The molecule has 0 spiro atoms. The van der Waals surface area contributed by atoms with E-state index in [4.69, 9.17) is 5.11 Å². The van der Waals surface area contributed by atoms with Crippen molar-refractivity contribution in [2.75, 3.05) is 7.11 Å². The number of hydrogen-bond donors (Lipinski definition) is 8. The Labute approximate surface area is 371 Å². The minimum Gasteiger partial charge on any atom is -0.476 e. The number of nitrogens with zero attached hydrogens (tertiary/aromatic N) is 12. The van der Waals surface area contributed by atoms with Gasteiger partial charge in [-0.15, -0.1) is 0 Å². The number of carbonyl (C=O) groups excluding carboxylic acids is 1. The van der Waals surface area contributed by atoms with Gasteiger partial charge in [-0.1, -0.05) is 0 Å². The fraction of sp³-hybridized carbons (Fsp3) is 0.0303. The van der Waals surface area contributed by atoms with Gasteiger partial charge in [0.2, 0.25) is 0 Å². The zero-order valence-electron chi connectivity index (χ0n) is 32.8. The van der Waals surface area contributed by atoms with Crippen LogP contribution in [0.25, 0.3) is 55.2 Å². The number of aromatic nitrogens is 15. The number of nitrogens with one attached hydrogen (secondary N) is 7. The van der Waals surface area contributed by atoms with Crippen molar-refractivity contribution in [3.05, 3.63) is 146 Å². The van der Waals surface area contributed by atoms with Crippen molar-refractivity contribution in [1.82, 2.24) is 74.8 Å². The first kappa shape index (κ1) is 46.2. The number of ether oxygens (including phenoxy) is 1. The highest BCUT2D eigenvalue weighted by molar-refractivity contribution is 9.10. The predicted octanol–water partition coefficient (Wildman–Crippen LogP) is 3.26. The van der Waals surface area contributed by atoms with Crippen molar-refractivity contribution in [3.63, 3.8) is 0 Å². The third-order valence-corrected chi connectivity index (χ3v) is 9.05. The van der Waals surface area contributed by atoms with E-state index in [1.54, 1.807) is 12.3 Å². The number of carboxylic acids is 1. The minimum absolute atomic E-state index is 0.00704. The number of aromatic amines is 7. The highest BCUT2D eigenvalue weighted by Gasteiger charge is 2.23. The smallest absolute Gasteiger partial charge is 0.358 e. The molecule has 10 aromatic rings. The number of methoxy groups -OCH3 is 1. The SMILES string of the molecule is COC(=O)c1ncnc2c([N+](=O)[O-])c[nH]c12.O=C(O)c1ncnc2c([N+](=O)[O-])c[nH]c12.O=[N+]([O-])c1c[nH]c2c(Br)ncnc12.O=c1[nH]cnc2c([N+](=O)[O-])c[nH]c12.O=c1[nH]cnc2cc[nH]c12. The third-order valence-electron chi connectivity index (χ3n) is 8.45. The molecule has 0 aromatic carbocycles. The maximum atomic E-state index is 11.3. The molecule has 33 nitrogen and oxygen atoms in total. The number of halogens is 1. The van der Waals surface area contributed by atoms with E-state index in [1.807, 2.05) is 0 Å². The summed E-state index contributed by atoms with van der Waals surface area (Å²) in [5.41, 5.74) is 1.03. The van der Waals surface area contributed by atoms with Crippen molar-refractivity contribution in [3.8, 4) is 0 Å². The van der Waals surface area contributed by atoms with Gasteiger partial charge in [0.15, 0.2) is 33.5 Å². The summed E-state index contributed by atoms with van der Waals surface area (Å²) in [5.74, 6) is -1.94. The largest absolute Gasteiger partial charge is 0.476 e. The molecule has 0 aliphatic heterocycles. The van der Waals surface area contributed by atoms with Gasteiger partial charge in [-0.05, 0) is 22.0 Å². The van der Waals surface area contributed by atoms with E-state index in [0.29, 0.717) is 26.7 Å². The Morgan fingerprint density at radius 1 is 0.552 bits per heavy atom.